The van der Waals surface area contributed by atoms with Gasteiger partial charge in [0.05, 0.1) is 13.1 Å². The Morgan fingerprint density at radius 2 is 1.85 bits per heavy atom. The molecule has 0 spiro atoms. The first kappa shape index (κ1) is 26.0. The minimum Gasteiger partial charge on any atom is -0.381 e. The van der Waals surface area contributed by atoms with Crippen molar-refractivity contribution in [2.75, 3.05) is 39.9 Å². The Labute approximate surface area is 203 Å². The van der Waals surface area contributed by atoms with Crippen LogP contribution in [0.25, 0.3) is 0 Å². The number of nitrogens with zero attached hydrogens (tertiary/aromatic N) is 4. The third-order valence-corrected chi connectivity index (χ3v) is 6.36. The molecule has 2 fully saturated rings. The van der Waals surface area contributed by atoms with Crippen molar-refractivity contribution in [3.05, 3.63) is 35.9 Å². The predicted molar refractivity (Wildman–Crippen MR) is 129 cm³/mol. The summed E-state index contributed by atoms with van der Waals surface area (Å²) in [4.78, 5) is 43.1. The monoisotopic (exact) mass is 473 g/mol. The molecule has 9 nitrogen and oxygen atoms in total. The fraction of sp³-hybridized carbons (Fsp3) is 0.640. The van der Waals surface area contributed by atoms with Crippen LogP contribution in [0.1, 0.15) is 45.6 Å². The first-order valence-electron chi connectivity index (χ1n) is 12.3. The molecule has 4 amide bonds. The number of hydrogen-bond acceptors (Lipinski definition) is 5. The lowest BCUT2D eigenvalue weighted by atomic mass is 9.96. The van der Waals surface area contributed by atoms with E-state index in [0.29, 0.717) is 19.7 Å². The van der Waals surface area contributed by atoms with Crippen molar-refractivity contribution in [3.63, 3.8) is 0 Å². The van der Waals surface area contributed by atoms with Gasteiger partial charge in [-0.3, -0.25) is 9.59 Å². The number of carbonyl (C=O) groups is 3. The average molecular weight is 474 g/mol. The Morgan fingerprint density at radius 3 is 2.53 bits per heavy atom. The number of hydrazine groups is 1. The summed E-state index contributed by atoms with van der Waals surface area (Å²) in [5, 5.41) is 6.22. The fourth-order valence-electron chi connectivity index (χ4n) is 4.62. The molecule has 2 saturated heterocycles. The second-order valence-electron chi connectivity index (χ2n) is 9.38. The van der Waals surface area contributed by atoms with Gasteiger partial charge in [-0.1, -0.05) is 57.5 Å². The van der Waals surface area contributed by atoms with Gasteiger partial charge in [0.2, 0.25) is 11.8 Å². The molecule has 2 aliphatic rings. The van der Waals surface area contributed by atoms with Crippen LogP contribution < -0.4 is 5.32 Å². The highest BCUT2D eigenvalue weighted by Crippen LogP contribution is 2.29. The van der Waals surface area contributed by atoms with Crippen molar-refractivity contribution in [3.8, 4) is 0 Å². The van der Waals surface area contributed by atoms with E-state index in [1.807, 2.05) is 44.2 Å². The van der Waals surface area contributed by atoms with E-state index in [2.05, 4.69) is 12.2 Å². The lowest BCUT2D eigenvalue weighted by Gasteiger charge is -2.55. The second-order valence-corrected chi connectivity index (χ2v) is 9.38. The van der Waals surface area contributed by atoms with E-state index in [0.717, 1.165) is 31.4 Å². The third-order valence-electron chi connectivity index (χ3n) is 6.36. The number of nitrogens with one attached hydrogen (secondary N) is 1. The maximum absolute atomic E-state index is 13.4. The van der Waals surface area contributed by atoms with Crippen LogP contribution in [0.2, 0.25) is 0 Å². The van der Waals surface area contributed by atoms with Gasteiger partial charge in [-0.15, -0.1) is 0 Å². The van der Waals surface area contributed by atoms with Crippen molar-refractivity contribution in [1.29, 1.82) is 0 Å². The van der Waals surface area contributed by atoms with E-state index >= 15 is 0 Å². The van der Waals surface area contributed by atoms with E-state index in [4.69, 9.17) is 4.74 Å². The summed E-state index contributed by atoms with van der Waals surface area (Å²) >= 11 is 0. The Kier molecular flexibility index (Phi) is 9.29. The molecule has 9 heteroatoms. The lowest BCUT2D eigenvalue weighted by Crippen LogP contribution is -2.76. The zero-order chi connectivity index (χ0) is 24.7. The number of fused-ring (bicyclic) bond motifs is 1. The van der Waals surface area contributed by atoms with Gasteiger partial charge in [-0.2, -0.15) is 0 Å². The molecule has 188 valence electrons. The molecule has 1 aromatic rings. The average Bonchev–Trinajstić information content (AvgIpc) is 2.81. The van der Waals surface area contributed by atoms with E-state index in [-0.39, 0.29) is 36.9 Å². The van der Waals surface area contributed by atoms with Crippen LogP contribution in [0.15, 0.2) is 30.3 Å². The summed E-state index contributed by atoms with van der Waals surface area (Å²) in [6.07, 6.45) is 2.28. The summed E-state index contributed by atoms with van der Waals surface area (Å²) in [6.45, 7) is 8.59. The number of ether oxygens (including phenoxy) is 1. The van der Waals surface area contributed by atoms with Gasteiger partial charge in [-0.05, 0) is 24.3 Å². The van der Waals surface area contributed by atoms with Crippen LogP contribution in [-0.2, 0) is 20.9 Å². The molecule has 0 aliphatic carbocycles. The minimum atomic E-state index is -0.592. The molecule has 1 N–H and O–H groups in total. The highest BCUT2D eigenvalue weighted by Gasteiger charge is 2.51. The van der Waals surface area contributed by atoms with Crippen LogP contribution in [-0.4, -0.2) is 89.8 Å². The lowest BCUT2D eigenvalue weighted by molar-refractivity contribution is -0.190. The summed E-state index contributed by atoms with van der Waals surface area (Å²) in [5.74, 6) is -0.253. The standard InChI is InChI=1S/C25H39N5O4/c1-5-6-14-34-15-10-13-28-17-21-29(23(19(2)3)24(28)32)22(31)18-27(4)30(21)25(33)26-16-20-11-8-7-9-12-20/h7-9,11-12,19,21,23H,5-6,10,13-18H2,1-4H3,(H,26,33)/t21-,23-/m0/s1. The number of hydrogen-bond donors (Lipinski definition) is 1. The number of rotatable bonds is 10. The number of piperazine rings is 1. The molecular weight excluding hydrogens is 434 g/mol. The van der Waals surface area contributed by atoms with E-state index in [1.165, 1.54) is 0 Å². The van der Waals surface area contributed by atoms with Crippen LogP contribution in [0, 0.1) is 5.92 Å². The number of likely N-dealkylation sites (N-methyl/N-ethyl adjacent to an activating group) is 1. The van der Waals surface area contributed by atoms with Gasteiger partial charge in [0.1, 0.15) is 12.2 Å². The number of carbonyl (C=O) groups excluding carboxylic acids is 3. The second kappa shape index (κ2) is 12.2. The van der Waals surface area contributed by atoms with Crippen molar-refractivity contribution < 1.29 is 19.1 Å². The molecule has 1 aromatic carbocycles. The number of amides is 4. The molecule has 0 saturated carbocycles. The number of benzene rings is 1. The Bertz CT molecular complexity index is 834. The van der Waals surface area contributed by atoms with Gasteiger partial charge in [0.15, 0.2) is 0 Å². The highest BCUT2D eigenvalue weighted by molar-refractivity contribution is 5.91. The molecular formula is C25H39N5O4. The summed E-state index contributed by atoms with van der Waals surface area (Å²) < 4.78 is 5.66. The Hall–Kier alpha value is -2.65. The van der Waals surface area contributed by atoms with Gasteiger partial charge in [-0.25, -0.2) is 14.8 Å². The first-order valence-corrected chi connectivity index (χ1v) is 12.3. The summed E-state index contributed by atoms with van der Waals surface area (Å²) in [7, 11) is 1.74. The number of urea groups is 1. The smallest absolute Gasteiger partial charge is 0.334 e. The normalized spacial score (nSPS) is 21.3. The summed E-state index contributed by atoms with van der Waals surface area (Å²) in [6, 6.07) is 8.82. The molecule has 0 unspecified atom stereocenters. The molecule has 0 radical (unpaired) electrons. The quantitative estimate of drug-likeness (QED) is 0.527. The van der Waals surface area contributed by atoms with Crippen molar-refractivity contribution in [2.24, 2.45) is 5.92 Å². The Morgan fingerprint density at radius 1 is 1.15 bits per heavy atom. The third kappa shape index (κ3) is 6.07. The number of unbranched alkanes of at least 4 members (excludes halogenated alkanes) is 1. The SMILES string of the molecule is CCCCOCCCN1C[C@H]2N(C(=O)CN(C)N2C(=O)NCc2ccccc2)[C@@H](C(C)C)C1=O. The zero-order valence-corrected chi connectivity index (χ0v) is 20.9. The predicted octanol–water partition coefficient (Wildman–Crippen LogP) is 2.29. The maximum Gasteiger partial charge on any atom is 0.334 e. The maximum atomic E-state index is 13.4. The van der Waals surface area contributed by atoms with Crippen molar-refractivity contribution in [2.45, 2.75) is 58.8 Å². The van der Waals surface area contributed by atoms with Crippen LogP contribution in [0.3, 0.4) is 0 Å². The Balaban J connectivity index is 1.74. The van der Waals surface area contributed by atoms with Crippen LogP contribution >= 0.6 is 0 Å². The molecule has 2 atom stereocenters. The van der Waals surface area contributed by atoms with Crippen molar-refractivity contribution >= 4 is 17.8 Å². The molecule has 2 heterocycles. The molecule has 2 aliphatic heterocycles. The minimum absolute atomic E-state index is 0.0526. The topological polar surface area (TPSA) is 85.4 Å². The van der Waals surface area contributed by atoms with Crippen LogP contribution in [0.4, 0.5) is 4.79 Å². The molecule has 0 bridgehead atoms. The largest absolute Gasteiger partial charge is 0.381 e. The van der Waals surface area contributed by atoms with Gasteiger partial charge in [0.25, 0.3) is 0 Å². The fourth-order valence-corrected chi connectivity index (χ4v) is 4.62. The van der Waals surface area contributed by atoms with Crippen molar-refractivity contribution in [1.82, 2.24) is 25.1 Å². The zero-order valence-electron chi connectivity index (χ0n) is 20.9. The van der Waals surface area contributed by atoms with E-state index < -0.39 is 12.2 Å². The molecule has 3 rings (SSSR count). The first-order chi connectivity index (χ1) is 16.3. The summed E-state index contributed by atoms with van der Waals surface area (Å²) in [5.41, 5.74) is 0.993. The molecule has 34 heavy (non-hydrogen) atoms. The van der Waals surface area contributed by atoms with Crippen LogP contribution in [0.5, 0.6) is 0 Å². The molecule has 0 aromatic heterocycles. The van der Waals surface area contributed by atoms with E-state index in [1.54, 1.807) is 26.9 Å². The highest BCUT2D eigenvalue weighted by atomic mass is 16.5. The van der Waals surface area contributed by atoms with Gasteiger partial charge in [0, 0.05) is 33.4 Å². The van der Waals surface area contributed by atoms with Gasteiger partial charge < -0.3 is 19.9 Å². The van der Waals surface area contributed by atoms with Gasteiger partial charge >= 0.3 is 6.03 Å². The van der Waals surface area contributed by atoms with E-state index in [9.17, 15) is 14.4 Å².